The summed E-state index contributed by atoms with van der Waals surface area (Å²) in [5.74, 6) is 5.23. The van der Waals surface area contributed by atoms with E-state index in [0.29, 0.717) is 11.2 Å². The highest BCUT2D eigenvalue weighted by Crippen LogP contribution is 2.62. The highest BCUT2D eigenvalue weighted by atomic mass is 16.1. The van der Waals surface area contributed by atoms with Gasteiger partial charge in [0.25, 0.3) is 0 Å². The van der Waals surface area contributed by atoms with Gasteiger partial charge in [0.2, 0.25) is 0 Å². The Labute approximate surface area is 123 Å². The van der Waals surface area contributed by atoms with Crippen LogP contribution in [0.1, 0.15) is 77.6 Å². The molecule has 4 aliphatic carbocycles. The molecule has 4 fully saturated rings. The number of hydrogen-bond donors (Lipinski definition) is 0. The first-order chi connectivity index (χ1) is 9.68. The van der Waals surface area contributed by atoms with Gasteiger partial charge in [-0.3, -0.25) is 4.79 Å². The van der Waals surface area contributed by atoms with E-state index in [1.165, 1.54) is 57.8 Å². The summed E-state index contributed by atoms with van der Waals surface area (Å²) >= 11 is 0. The Balaban J connectivity index is 1.59. The monoisotopic (exact) mass is 274 g/mol. The second kappa shape index (κ2) is 4.85. The van der Waals surface area contributed by atoms with Gasteiger partial charge >= 0.3 is 0 Å². The average Bonchev–Trinajstić information content (AvgIpc) is 2.45. The molecule has 0 spiro atoms. The molecule has 112 valence electrons. The number of carbonyl (C=O) groups is 1. The number of hydrogen-bond acceptors (Lipinski definition) is 1. The van der Waals surface area contributed by atoms with Gasteiger partial charge in [-0.1, -0.05) is 19.8 Å². The zero-order valence-electron chi connectivity index (χ0n) is 13.1. The van der Waals surface area contributed by atoms with Gasteiger partial charge in [0.05, 0.1) is 0 Å². The third-order valence-electron chi connectivity index (χ3n) is 7.91. The Morgan fingerprint density at radius 1 is 0.950 bits per heavy atom. The molecule has 1 nitrogen and oxygen atoms in total. The summed E-state index contributed by atoms with van der Waals surface area (Å²) in [6, 6.07) is 0. The second-order valence-corrected chi connectivity index (χ2v) is 8.58. The van der Waals surface area contributed by atoms with Crippen LogP contribution in [0, 0.1) is 35.0 Å². The van der Waals surface area contributed by atoms with E-state index in [1.54, 1.807) is 0 Å². The summed E-state index contributed by atoms with van der Waals surface area (Å²) in [6.07, 6.45) is 14.8. The summed E-state index contributed by atoms with van der Waals surface area (Å²) in [5.41, 5.74) is 0.660. The van der Waals surface area contributed by atoms with E-state index in [2.05, 4.69) is 6.92 Å². The van der Waals surface area contributed by atoms with E-state index >= 15 is 0 Å². The Hall–Kier alpha value is -0.330. The summed E-state index contributed by atoms with van der Waals surface area (Å²) in [5, 5.41) is 0. The highest BCUT2D eigenvalue weighted by molar-refractivity contribution is 5.79. The number of rotatable bonds is 0. The summed E-state index contributed by atoms with van der Waals surface area (Å²) in [7, 11) is 0. The lowest BCUT2D eigenvalue weighted by atomic mass is 9.46. The fraction of sp³-hybridized carbons (Fsp3) is 0.947. The van der Waals surface area contributed by atoms with Crippen LogP contribution in [0.15, 0.2) is 0 Å². The van der Waals surface area contributed by atoms with Crippen LogP contribution in [0.25, 0.3) is 0 Å². The maximum absolute atomic E-state index is 11.8. The molecule has 0 aromatic rings. The fourth-order valence-corrected chi connectivity index (χ4v) is 6.92. The van der Waals surface area contributed by atoms with Crippen molar-refractivity contribution in [2.24, 2.45) is 35.0 Å². The van der Waals surface area contributed by atoms with Gasteiger partial charge in [0, 0.05) is 12.8 Å². The Morgan fingerprint density at radius 3 is 2.75 bits per heavy atom. The molecule has 0 amide bonds. The minimum Gasteiger partial charge on any atom is -0.300 e. The van der Waals surface area contributed by atoms with Gasteiger partial charge < -0.3 is 0 Å². The predicted octanol–water partition coefficient (Wildman–Crippen LogP) is 4.99. The van der Waals surface area contributed by atoms with Crippen molar-refractivity contribution in [3.05, 3.63) is 0 Å². The first-order valence-electron chi connectivity index (χ1n) is 9.20. The zero-order chi connectivity index (χ0) is 13.7. The van der Waals surface area contributed by atoms with Crippen LogP contribution >= 0.6 is 0 Å². The van der Waals surface area contributed by atoms with Crippen LogP contribution in [0.2, 0.25) is 0 Å². The molecule has 0 bridgehead atoms. The standard InChI is InChI=1S/C19H30O/c1-19-11-3-2-4-14(19)6-8-17-16-9-7-15(20)12-13(16)5-10-18(17)19/h13-14,16-18H,2-12H2,1H3/t13-,14+,16-,17+,18+,19+/m1/s1. The number of fused-ring (bicyclic) bond motifs is 5. The summed E-state index contributed by atoms with van der Waals surface area (Å²) in [4.78, 5) is 11.8. The SMILES string of the molecule is C[C@]12CCCC[C@H]1CC[C@H]1[C@@H]3CCC(=O)C[C@H]3CC[C@@H]12. The number of carbonyl (C=O) groups excluding carboxylic acids is 1. The van der Waals surface area contributed by atoms with E-state index < -0.39 is 0 Å². The van der Waals surface area contributed by atoms with Crippen molar-refractivity contribution in [1.29, 1.82) is 0 Å². The van der Waals surface area contributed by atoms with E-state index in [4.69, 9.17) is 0 Å². The molecule has 0 aromatic carbocycles. The lowest BCUT2D eigenvalue weighted by Gasteiger charge is -2.59. The van der Waals surface area contributed by atoms with Crippen molar-refractivity contribution in [3.63, 3.8) is 0 Å². The fourth-order valence-electron chi connectivity index (χ4n) is 6.92. The van der Waals surface area contributed by atoms with Crippen molar-refractivity contribution in [1.82, 2.24) is 0 Å². The van der Waals surface area contributed by atoms with Crippen LogP contribution in [0.4, 0.5) is 0 Å². The maximum Gasteiger partial charge on any atom is 0.133 e. The van der Waals surface area contributed by atoms with Crippen LogP contribution in [0.3, 0.4) is 0 Å². The number of Topliss-reactive ketones (excluding diaryl/α,β-unsaturated/α-hetero) is 1. The highest BCUT2D eigenvalue weighted by Gasteiger charge is 2.53. The van der Waals surface area contributed by atoms with E-state index in [9.17, 15) is 4.79 Å². The molecule has 0 heterocycles. The quantitative estimate of drug-likeness (QED) is 0.608. The maximum atomic E-state index is 11.8. The number of ketones is 1. The molecule has 4 rings (SSSR count). The summed E-state index contributed by atoms with van der Waals surface area (Å²) in [6.45, 7) is 2.64. The van der Waals surface area contributed by atoms with Crippen molar-refractivity contribution >= 4 is 5.78 Å². The lowest BCUT2D eigenvalue weighted by molar-refractivity contribution is -0.131. The van der Waals surface area contributed by atoms with Gasteiger partial charge in [0.15, 0.2) is 0 Å². The van der Waals surface area contributed by atoms with Crippen LogP contribution in [-0.4, -0.2) is 5.78 Å². The van der Waals surface area contributed by atoms with Gasteiger partial charge in [-0.2, -0.15) is 0 Å². The van der Waals surface area contributed by atoms with Crippen LogP contribution < -0.4 is 0 Å². The molecule has 0 aliphatic heterocycles. The third-order valence-corrected chi connectivity index (χ3v) is 7.91. The molecule has 0 saturated heterocycles. The smallest absolute Gasteiger partial charge is 0.133 e. The molecule has 1 heteroatoms. The minimum atomic E-state index is 0.558. The molecule has 20 heavy (non-hydrogen) atoms. The summed E-state index contributed by atoms with van der Waals surface area (Å²) < 4.78 is 0. The topological polar surface area (TPSA) is 17.1 Å². The molecule has 0 radical (unpaired) electrons. The molecule has 0 unspecified atom stereocenters. The van der Waals surface area contributed by atoms with Gasteiger partial charge in [-0.25, -0.2) is 0 Å². The van der Waals surface area contributed by atoms with E-state index in [-0.39, 0.29) is 0 Å². The average molecular weight is 274 g/mol. The van der Waals surface area contributed by atoms with Crippen molar-refractivity contribution in [2.45, 2.75) is 77.6 Å². The predicted molar refractivity (Wildman–Crippen MR) is 81.4 cm³/mol. The normalized spacial score (nSPS) is 51.9. The van der Waals surface area contributed by atoms with Gasteiger partial charge in [-0.15, -0.1) is 0 Å². The van der Waals surface area contributed by atoms with Crippen molar-refractivity contribution in [2.75, 3.05) is 0 Å². The second-order valence-electron chi connectivity index (χ2n) is 8.58. The van der Waals surface area contributed by atoms with Crippen LogP contribution in [-0.2, 0) is 4.79 Å². The lowest BCUT2D eigenvalue weighted by Crippen LogP contribution is -2.51. The molecule has 0 aromatic heterocycles. The molecular formula is C19H30O. The van der Waals surface area contributed by atoms with Gasteiger partial charge in [0.1, 0.15) is 5.78 Å². The van der Waals surface area contributed by atoms with Crippen molar-refractivity contribution < 1.29 is 4.79 Å². The first-order valence-corrected chi connectivity index (χ1v) is 9.20. The Bertz CT molecular complexity index is 401. The van der Waals surface area contributed by atoms with Crippen molar-refractivity contribution in [3.8, 4) is 0 Å². The van der Waals surface area contributed by atoms with Crippen LogP contribution in [0.5, 0.6) is 0 Å². The van der Waals surface area contributed by atoms with Gasteiger partial charge in [-0.05, 0) is 80.0 Å². The molecule has 0 N–H and O–H groups in total. The zero-order valence-corrected chi connectivity index (χ0v) is 13.1. The molecule has 6 atom stereocenters. The molecular weight excluding hydrogens is 244 g/mol. The Morgan fingerprint density at radius 2 is 1.85 bits per heavy atom. The largest absolute Gasteiger partial charge is 0.300 e. The third kappa shape index (κ3) is 1.91. The minimum absolute atomic E-state index is 0.558. The van der Waals surface area contributed by atoms with E-state index in [1.807, 2.05) is 0 Å². The first kappa shape index (κ1) is 13.3. The Kier molecular flexibility index (Phi) is 3.23. The molecule has 4 saturated carbocycles. The van der Waals surface area contributed by atoms with E-state index in [0.717, 1.165) is 42.4 Å². The molecule has 4 aliphatic rings.